The molecular weight excluding hydrogens is 476 g/mol. The second-order valence-corrected chi connectivity index (χ2v) is 8.69. The van der Waals surface area contributed by atoms with Crippen LogP contribution in [-0.4, -0.2) is 21.0 Å². The molecule has 1 amide bonds. The largest absolute Gasteiger partial charge is 0.296 e. The lowest BCUT2D eigenvalue weighted by Gasteiger charge is -2.04. The monoisotopic (exact) mass is 484 g/mol. The third-order valence-corrected chi connectivity index (χ3v) is 6.15. The highest BCUT2D eigenvalue weighted by molar-refractivity contribution is 9.10. The highest BCUT2D eigenvalue weighted by atomic mass is 79.9. The predicted molar refractivity (Wildman–Crippen MR) is 110 cm³/mol. The van der Waals surface area contributed by atoms with Crippen LogP contribution in [0, 0.1) is 10.1 Å². The van der Waals surface area contributed by atoms with Crippen LogP contribution in [0.25, 0.3) is 0 Å². The summed E-state index contributed by atoms with van der Waals surface area (Å²) in [5, 5.41) is 22.1. The Morgan fingerprint density at radius 1 is 1.30 bits per heavy atom. The molecule has 0 aliphatic carbocycles. The third-order valence-electron chi connectivity index (χ3n) is 3.28. The van der Waals surface area contributed by atoms with Crippen molar-refractivity contribution in [2.45, 2.75) is 10.1 Å². The van der Waals surface area contributed by atoms with Crippen LogP contribution in [0.15, 0.2) is 51.3 Å². The van der Waals surface area contributed by atoms with E-state index in [1.807, 2.05) is 0 Å². The van der Waals surface area contributed by atoms with Crippen molar-refractivity contribution >= 4 is 67.4 Å². The first kappa shape index (κ1) is 19.7. The predicted octanol–water partition coefficient (Wildman–Crippen LogP) is 5.41. The van der Waals surface area contributed by atoms with Crippen molar-refractivity contribution in [1.29, 1.82) is 0 Å². The van der Waals surface area contributed by atoms with Crippen LogP contribution < -0.4 is 5.32 Å². The summed E-state index contributed by atoms with van der Waals surface area (Å²) < 4.78 is 1.37. The number of benzene rings is 2. The van der Waals surface area contributed by atoms with Crippen molar-refractivity contribution in [3.8, 4) is 0 Å². The smallest absolute Gasteiger partial charge is 0.269 e. The molecule has 1 heterocycles. The van der Waals surface area contributed by atoms with Gasteiger partial charge in [0, 0.05) is 22.4 Å². The number of nitro benzene ring substituents is 1. The van der Waals surface area contributed by atoms with Crippen LogP contribution >= 0.6 is 50.6 Å². The van der Waals surface area contributed by atoms with E-state index in [0.29, 0.717) is 25.8 Å². The van der Waals surface area contributed by atoms with Gasteiger partial charge < -0.3 is 0 Å². The Morgan fingerprint density at radius 2 is 2.11 bits per heavy atom. The normalized spacial score (nSPS) is 10.6. The minimum Gasteiger partial charge on any atom is -0.296 e. The van der Waals surface area contributed by atoms with E-state index in [1.54, 1.807) is 30.3 Å². The van der Waals surface area contributed by atoms with Crippen LogP contribution in [0.3, 0.4) is 0 Å². The van der Waals surface area contributed by atoms with Gasteiger partial charge in [0.05, 0.1) is 15.5 Å². The van der Waals surface area contributed by atoms with Gasteiger partial charge in [-0.2, -0.15) is 0 Å². The van der Waals surface area contributed by atoms with E-state index in [-0.39, 0.29) is 11.6 Å². The van der Waals surface area contributed by atoms with E-state index in [2.05, 4.69) is 31.4 Å². The number of nitrogens with zero attached hydrogens (tertiary/aromatic N) is 3. The van der Waals surface area contributed by atoms with Gasteiger partial charge in [0.2, 0.25) is 5.13 Å². The Balaban J connectivity index is 1.63. The molecule has 0 radical (unpaired) electrons. The van der Waals surface area contributed by atoms with E-state index in [1.165, 1.54) is 35.2 Å². The topological polar surface area (TPSA) is 98.0 Å². The number of carbonyl (C=O) groups excluding carboxylic acids is 1. The fourth-order valence-electron chi connectivity index (χ4n) is 2.06. The van der Waals surface area contributed by atoms with Gasteiger partial charge in [-0.05, 0) is 23.8 Å². The molecule has 0 unspecified atom stereocenters. The van der Waals surface area contributed by atoms with Crippen molar-refractivity contribution < 1.29 is 9.72 Å². The summed E-state index contributed by atoms with van der Waals surface area (Å²) in [5.74, 6) is 0.120. The van der Waals surface area contributed by atoms with Gasteiger partial charge in [-0.25, -0.2) is 0 Å². The molecule has 0 saturated heterocycles. The fraction of sp³-hybridized carbons (Fsp3) is 0.0625. The summed E-state index contributed by atoms with van der Waals surface area (Å²) in [4.78, 5) is 22.7. The molecular formula is C16H10BrClN4O3S2. The van der Waals surface area contributed by atoms with Gasteiger partial charge in [-0.1, -0.05) is 62.8 Å². The van der Waals surface area contributed by atoms with Gasteiger partial charge in [0.15, 0.2) is 4.34 Å². The zero-order chi connectivity index (χ0) is 19.4. The SMILES string of the molecule is O=C(Nc1nnc(SCc2cccc([N+](=O)[O-])c2)s1)c1cc(Br)ccc1Cl. The lowest BCUT2D eigenvalue weighted by atomic mass is 10.2. The highest BCUT2D eigenvalue weighted by Crippen LogP contribution is 2.30. The molecule has 0 aliphatic heterocycles. The van der Waals surface area contributed by atoms with Gasteiger partial charge in [0.1, 0.15) is 0 Å². The molecule has 3 rings (SSSR count). The molecule has 0 spiro atoms. The molecule has 11 heteroatoms. The number of aromatic nitrogens is 2. The Morgan fingerprint density at radius 3 is 2.89 bits per heavy atom. The number of anilines is 1. The number of carbonyl (C=O) groups is 1. The minimum absolute atomic E-state index is 0.0456. The average Bonchev–Trinajstić information content (AvgIpc) is 3.09. The molecule has 3 aromatic rings. The summed E-state index contributed by atoms with van der Waals surface area (Å²) in [7, 11) is 0. The van der Waals surface area contributed by atoms with Gasteiger partial charge in [-0.3, -0.25) is 20.2 Å². The van der Waals surface area contributed by atoms with E-state index in [4.69, 9.17) is 11.6 Å². The number of non-ortho nitro benzene ring substituents is 1. The number of halogens is 2. The molecule has 0 aliphatic rings. The number of amides is 1. The van der Waals surface area contributed by atoms with Crippen molar-refractivity contribution in [1.82, 2.24) is 10.2 Å². The number of rotatable bonds is 6. The molecule has 0 fully saturated rings. The van der Waals surface area contributed by atoms with Crippen molar-refractivity contribution in [3.63, 3.8) is 0 Å². The van der Waals surface area contributed by atoms with Gasteiger partial charge in [-0.15, -0.1) is 10.2 Å². The number of nitrogens with one attached hydrogen (secondary N) is 1. The van der Waals surface area contributed by atoms with Crippen LogP contribution in [0.5, 0.6) is 0 Å². The maximum absolute atomic E-state index is 12.3. The molecule has 1 aromatic heterocycles. The molecule has 1 N–H and O–H groups in total. The van der Waals surface area contributed by atoms with Gasteiger partial charge >= 0.3 is 0 Å². The van der Waals surface area contributed by atoms with Crippen molar-refractivity contribution in [2.75, 3.05) is 5.32 Å². The summed E-state index contributed by atoms with van der Waals surface area (Å²) >= 11 is 11.9. The summed E-state index contributed by atoms with van der Waals surface area (Å²) in [6.07, 6.45) is 0. The fourth-order valence-corrected chi connectivity index (χ4v) is 4.31. The second-order valence-electron chi connectivity index (χ2n) is 5.17. The van der Waals surface area contributed by atoms with Gasteiger partial charge in [0.25, 0.3) is 11.6 Å². The Hall–Kier alpha value is -2.01. The zero-order valence-corrected chi connectivity index (χ0v) is 17.4. The summed E-state index contributed by atoms with van der Waals surface area (Å²) in [6, 6.07) is 11.4. The molecule has 27 heavy (non-hydrogen) atoms. The van der Waals surface area contributed by atoms with E-state index >= 15 is 0 Å². The standard InChI is InChI=1S/C16H10BrClN4O3S2/c17-10-4-5-13(18)12(7-10)14(23)19-15-20-21-16(27-15)26-8-9-2-1-3-11(6-9)22(24)25/h1-7H,8H2,(H,19,20,23). The zero-order valence-electron chi connectivity index (χ0n) is 13.4. The Labute approximate surface area is 175 Å². The maximum atomic E-state index is 12.3. The molecule has 0 atom stereocenters. The number of hydrogen-bond acceptors (Lipinski definition) is 7. The Kier molecular flexibility index (Phi) is 6.42. The number of thioether (sulfide) groups is 1. The lowest BCUT2D eigenvalue weighted by molar-refractivity contribution is -0.384. The van der Waals surface area contributed by atoms with Crippen molar-refractivity contribution in [3.05, 3.63) is 73.2 Å². The van der Waals surface area contributed by atoms with Crippen LogP contribution in [-0.2, 0) is 5.75 Å². The first-order valence-electron chi connectivity index (χ1n) is 7.38. The first-order valence-corrected chi connectivity index (χ1v) is 10.4. The summed E-state index contributed by atoms with van der Waals surface area (Å²) in [5.41, 5.74) is 1.17. The highest BCUT2D eigenvalue weighted by Gasteiger charge is 2.14. The van der Waals surface area contributed by atoms with Crippen LogP contribution in [0.4, 0.5) is 10.8 Å². The van der Waals surface area contributed by atoms with E-state index in [0.717, 1.165) is 10.0 Å². The van der Waals surface area contributed by atoms with Crippen LogP contribution in [0.1, 0.15) is 15.9 Å². The van der Waals surface area contributed by atoms with Crippen LogP contribution in [0.2, 0.25) is 5.02 Å². The molecule has 0 bridgehead atoms. The second kappa shape index (κ2) is 8.79. The first-order chi connectivity index (χ1) is 12.9. The minimum atomic E-state index is -0.431. The molecule has 138 valence electrons. The van der Waals surface area contributed by atoms with Crippen molar-refractivity contribution in [2.24, 2.45) is 0 Å². The number of nitro groups is 1. The van der Waals surface area contributed by atoms with E-state index < -0.39 is 4.92 Å². The number of hydrogen-bond donors (Lipinski definition) is 1. The van der Waals surface area contributed by atoms with E-state index in [9.17, 15) is 14.9 Å². The molecule has 2 aromatic carbocycles. The summed E-state index contributed by atoms with van der Waals surface area (Å²) in [6.45, 7) is 0. The quantitative estimate of drug-likeness (QED) is 0.217. The average molecular weight is 486 g/mol. The molecule has 7 nitrogen and oxygen atoms in total. The Bertz CT molecular complexity index is 1010. The molecule has 0 saturated carbocycles. The third kappa shape index (κ3) is 5.25. The maximum Gasteiger partial charge on any atom is 0.269 e. The lowest BCUT2D eigenvalue weighted by Crippen LogP contribution is -2.12.